The zero-order valence-electron chi connectivity index (χ0n) is 8.18. The summed E-state index contributed by atoms with van der Waals surface area (Å²) in [4.78, 5) is 11.6. The summed E-state index contributed by atoms with van der Waals surface area (Å²) >= 11 is 0. The van der Waals surface area contributed by atoms with Gasteiger partial charge in [-0.3, -0.25) is 4.79 Å². The number of nitrogens with one attached hydrogen (secondary N) is 2. The average Bonchev–Trinajstić information content (AvgIpc) is 2.84. The van der Waals surface area contributed by atoms with E-state index in [0.717, 1.165) is 25.4 Å². The van der Waals surface area contributed by atoms with Gasteiger partial charge in [0.1, 0.15) is 0 Å². The van der Waals surface area contributed by atoms with E-state index in [1.165, 1.54) is 12.8 Å². The van der Waals surface area contributed by atoms with E-state index in [4.69, 9.17) is 0 Å². The minimum atomic E-state index is 0.0683. The molecule has 3 heteroatoms. The van der Waals surface area contributed by atoms with E-state index in [9.17, 15) is 4.79 Å². The van der Waals surface area contributed by atoms with Crippen LogP contribution in [-0.2, 0) is 4.79 Å². The first-order valence-corrected chi connectivity index (χ1v) is 5.28. The van der Waals surface area contributed by atoms with Gasteiger partial charge in [-0.25, -0.2) is 0 Å². The standard InChI is InChI=1S/C10H18N2O/c1-7-4-5-11-9(7)10(13)12-6-8-2-3-8/h7-9,11H,2-6H2,1H3,(H,12,13). The monoisotopic (exact) mass is 182 g/mol. The van der Waals surface area contributed by atoms with Gasteiger partial charge >= 0.3 is 0 Å². The predicted molar refractivity (Wildman–Crippen MR) is 51.3 cm³/mol. The van der Waals surface area contributed by atoms with Gasteiger partial charge in [-0.2, -0.15) is 0 Å². The second-order valence-electron chi connectivity index (χ2n) is 4.39. The quantitative estimate of drug-likeness (QED) is 0.667. The Morgan fingerprint density at radius 3 is 2.77 bits per heavy atom. The summed E-state index contributed by atoms with van der Waals surface area (Å²) in [6.07, 6.45) is 3.73. The molecule has 2 atom stereocenters. The van der Waals surface area contributed by atoms with E-state index in [1.54, 1.807) is 0 Å². The molecule has 2 rings (SSSR count). The number of carbonyl (C=O) groups excluding carboxylic acids is 1. The highest BCUT2D eigenvalue weighted by atomic mass is 16.2. The van der Waals surface area contributed by atoms with Crippen LogP contribution in [0.2, 0.25) is 0 Å². The van der Waals surface area contributed by atoms with Crippen molar-refractivity contribution >= 4 is 5.91 Å². The van der Waals surface area contributed by atoms with Gasteiger partial charge in [0.15, 0.2) is 0 Å². The van der Waals surface area contributed by atoms with Crippen LogP contribution in [0.4, 0.5) is 0 Å². The van der Waals surface area contributed by atoms with E-state index in [0.29, 0.717) is 5.92 Å². The Labute approximate surface area is 79.3 Å². The minimum Gasteiger partial charge on any atom is -0.354 e. The fourth-order valence-electron chi connectivity index (χ4n) is 1.86. The number of rotatable bonds is 3. The molecule has 3 nitrogen and oxygen atoms in total. The third-order valence-electron chi connectivity index (χ3n) is 3.08. The van der Waals surface area contributed by atoms with Crippen LogP contribution in [0, 0.1) is 11.8 Å². The smallest absolute Gasteiger partial charge is 0.237 e. The maximum Gasteiger partial charge on any atom is 0.237 e. The molecule has 1 aliphatic heterocycles. The van der Waals surface area contributed by atoms with E-state index in [1.807, 2.05) is 0 Å². The van der Waals surface area contributed by atoms with Gasteiger partial charge in [0, 0.05) is 6.54 Å². The topological polar surface area (TPSA) is 41.1 Å². The first kappa shape index (κ1) is 9.00. The highest BCUT2D eigenvalue weighted by molar-refractivity contribution is 5.82. The minimum absolute atomic E-state index is 0.0683. The van der Waals surface area contributed by atoms with Crippen LogP contribution in [0.5, 0.6) is 0 Å². The molecule has 2 unspecified atom stereocenters. The molecule has 0 aromatic carbocycles. The van der Waals surface area contributed by atoms with E-state index >= 15 is 0 Å². The van der Waals surface area contributed by atoms with Crippen molar-refractivity contribution in [2.75, 3.05) is 13.1 Å². The zero-order valence-corrected chi connectivity index (χ0v) is 8.18. The molecule has 1 heterocycles. The lowest BCUT2D eigenvalue weighted by molar-refractivity contribution is -0.123. The van der Waals surface area contributed by atoms with E-state index < -0.39 is 0 Å². The number of hydrogen-bond donors (Lipinski definition) is 2. The number of carbonyl (C=O) groups is 1. The van der Waals surface area contributed by atoms with Crippen LogP contribution < -0.4 is 10.6 Å². The normalized spacial score (nSPS) is 33.3. The van der Waals surface area contributed by atoms with Crippen molar-refractivity contribution < 1.29 is 4.79 Å². The van der Waals surface area contributed by atoms with Gasteiger partial charge in [0.2, 0.25) is 5.91 Å². The Bertz CT molecular complexity index is 201. The molecular weight excluding hydrogens is 164 g/mol. The summed E-state index contributed by atoms with van der Waals surface area (Å²) in [6.45, 7) is 4.02. The zero-order chi connectivity index (χ0) is 9.26. The fraction of sp³-hybridized carbons (Fsp3) is 0.900. The SMILES string of the molecule is CC1CCNC1C(=O)NCC1CC1. The van der Waals surface area contributed by atoms with Crippen LogP contribution >= 0.6 is 0 Å². The van der Waals surface area contributed by atoms with Crippen molar-refractivity contribution in [1.29, 1.82) is 0 Å². The molecule has 1 aliphatic carbocycles. The predicted octanol–water partition coefficient (Wildman–Crippen LogP) is 0.511. The van der Waals surface area contributed by atoms with Gasteiger partial charge in [-0.1, -0.05) is 6.92 Å². The maximum atomic E-state index is 11.6. The van der Waals surface area contributed by atoms with Crippen molar-refractivity contribution in [2.24, 2.45) is 11.8 Å². The van der Waals surface area contributed by atoms with Crippen molar-refractivity contribution in [3.05, 3.63) is 0 Å². The van der Waals surface area contributed by atoms with Crippen molar-refractivity contribution in [2.45, 2.75) is 32.2 Å². The average molecular weight is 182 g/mol. The number of hydrogen-bond acceptors (Lipinski definition) is 2. The summed E-state index contributed by atoms with van der Waals surface area (Å²) in [7, 11) is 0. The molecular formula is C10H18N2O. The van der Waals surface area contributed by atoms with Crippen LogP contribution in [0.25, 0.3) is 0 Å². The first-order chi connectivity index (χ1) is 6.27. The second kappa shape index (κ2) is 3.66. The molecule has 74 valence electrons. The molecule has 0 bridgehead atoms. The molecule has 2 fully saturated rings. The third-order valence-corrected chi connectivity index (χ3v) is 3.08. The van der Waals surface area contributed by atoms with Gasteiger partial charge in [-0.15, -0.1) is 0 Å². The summed E-state index contributed by atoms with van der Waals surface area (Å²) in [5.74, 6) is 1.48. The van der Waals surface area contributed by atoms with Gasteiger partial charge in [-0.05, 0) is 37.6 Å². The second-order valence-corrected chi connectivity index (χ2v) is 4.39. The molecule has 1 saturated carbocycles. The first-order valence-electron chi connectivity index (χ1n) is 5.28. The Morgan fingerprint density at radius 2 is 2.23 bits per heavy atom. The van der Waals surface area contributed by atoms with E-state index in [-0.39, 0.29) is 11.9 Å². The van der Waals surface area contributed by atoms with Gasteiger partial charge in [0.25, 0.3) is 0 Å². The number of amides is 1. The third kappa shape index (κ3) is 2.21. The fourth-order valence-corrected chi connectivity index (χ4v) is 1.86. The lowest BCUT2D eigenvalue weighted by Gasteiger charge is -2.14. The molecule has 13 heavy (non-hydrogen) atoms. The van der Waals surface area contributed by atoms with Crippen molar-refractivity contribution in [3.63, 3.8) is 0 Å². The largest absolute Gasteiger partial charge is 0.354 e. The van der Waals surface area contributed by atoms with E-state index in [2.05, 4.69) is 17.6 Å². The van der Waals surface area contributed by atoms with Crippen LogP contribution in [0.15, 0.2) is 0 Å². The lowest BCUT2D eigenvalue weighted by atomic mass is 10.0. The van der Waals surface area contributed by atoms with Gasteiger partial charge < -0.3 is 10.6 Å². The Hall–Kier alpha value is -0.570. The molecule has 0 spiro atoms. The summed E-state index contributed by atoms with van der Waals surface area (Å²) in [5, 5.41) is 6.25. The molecule has 2 aliphatic rings. The lowest BCUT2D eigenvalue weighted by Crippen LogP contribution is -2.43. The molecule has 0 aromatic heterocycles. The van der Waals surface area contributed by atoms with Crippen LogP contribution in [0.1, 0.15) is 26.2 Å². The Balaban J connectivity index is 1.74. The summed E-state index contributed by atoms with van der Waals surface area (Å²) < 4.78 is 0. The van der Waals surface area contributed by atoms with Gasteiger partial charge in [0.05, 0.1) is 6.04 Å². The van der Waals surface area contributed by atoms with Crippen molar-refractivity contribution in [1.82, 2.24) is 10.6 Å². The highest BCUT2D eigenvalue weighted by Crippen LogP contribution is 2.27. The molecule has 1 amide bonds. The highest BCUT2D eigenvalue weighted by Gasteiger charge is 2.30. The van der Waals surface area contributed by atoms with Crippen molar-refractivity contribution in [3.8, 4) is 0 Å². The maximum absolute atomic E-state index is 11.6. The molecule has 2 N–H and O–H groups in total. The van der Waals surface area contributed by atoms with Crippen LogP contribution in [0.3, 0.4) is 0 Å². The molecule has 0 radical (unpaired) electrons. The summed E-state index contributed by atoms with van der Waals surface area (Å²) in [5.41, 5.74) is 0. The molecule has 0 aromatic rings. The molecule has 1 saturated heterocycles. The Kier molecular flexibility index (Phi) is 2.54. The van der Waals surface area contributed by atoms with Crippen LogP contribution in [-0.4, -0.2) is 25.0 Å². The Morgan fingerprint density at radius 1 is 1.46 bits per heavy atom. The summed E-state index contributed by atoms with van der Waals surface area (Å²) in [6, 6.07) is 0.0683.